The fourth-order valence-electron chi connectivity index (χ4n) is 2.34. The number of ether oxygens (including phenoxy) is 1. The van der Waals surface area contributed by atoms with E-state index in [-0.39, 0.29) is 0 Å². The molecule has 2 rings (SSSR count). The Bertz CT molecular complexity index is 1060. The van der Waals surface area contributed by atoms with Crippen molar-refractivity contribution in [1.29, 1.82) is 0 Å². The van der Waals surface area contributed by atoms with Gasteiger partial charge in [0, 0.05) is 18.7 Å². The summed E-state index contributed by atoms with van der Waals surface area (Å²) in [6.07, 6.45) is -1.16. The molecule has 1 saturated heterocycles. The number of halogens is 1. The average molecular weight is 500 g/mol. The maximum Gasteiger partial charge on any atom is 0.490 e. The molecule has 1 aromatic heterocycles. The highest BCUT2D eigenvalue weighted by Gasteiger charge is 2.59. The minimum atomic E-state index is -5.83. The third kappa shape index (κ3) is 6.23. The first-order valence-electron chi connectivity index (χ1n) is 7.54. The van der Waals surface area contributed by atoms with Gasteiger partial charge in [-0.3, -0.25) is 18.9 Å². The van der Waals surface area contributed by atoms with Gasteiger partial charge in [-0.25, -0.2) is 22.9 Å². The Kier molecular flexibility index (Phi) is 6.83. The summed E-state index contributed by atoms with van der Waals surface area (Å²) < 4.78 is 65.4. The number of phosphoric ester groups is 1. The normalized spacial score (nSPS) is 31.2. The SMILES string of the molecule is C[C@@]1(O)C[C@H](n2ccc(=O)[nH]c2=O)O[C@]1(F)COP(=O)(O)OP(=O)(O)OP(=O)(O)O. The molecule has 0 spiro atoms. The lowest BCUT2D eigenvalue weighted by Gasteiger charge is -2.30. The summed E-state index contributed by atoms with van der Waals surface area (Å²) in [5.41, 5.74) is -4.22. The molecule has 0 aliphatic carbocycles. The minimum absolute atomic E-state index is 0.602. The van der Waals surface area contributed by atoms with E-state index >= 15 is 4.39 Å². The molecule has 172 valence electrons. The van der Waals surface area contributed by atoms with E-state index in [0.717, 1.165) is 19.2 Å². The fraction of sp³-hybridized carbons (Fsp3) is 0.600. The summed E-state index contributed by atoms with van der Waals surface area (Å²) in [6, 6.07) is 0.907. The van der Waals surface area contributed by atoms with Crippen molar-refractivity contribution in [2.24, 2.45) is 0 Å². The predicted molar refractivity (Wildman–Crippen MR) is 90.3 cm³/mol. The number of aromatic nitrogens is 2. The number of hydrogen-bond donors (Lipinski definition) is 6. The van der Waals surface area contributed by atoms with E-state index in [1.807, 2.05) is 4.98 Å². The number of aromatic amines is 1. The topological polar surface area (TPSA) is 244 Å². The summed E-state index contributed by atoms with van der Waals surface area (Å²) in [5.74, 6) is -3.28. The summed E-state index contributed by atoms with van der Waals surface area (Å²) in [4.78, 5) is 60.1. The van der Waals surface area contributed by atoms with Gasteiger partial charge in [-0.2, -0.15) is 8.62 Å². The molecule has 16 nitrogen and oxygen atoms in total. The van der Waals surface area contributed by atoms with Crippen LogP contribution < -0.4 is 11.2 Å². The first-order chi connectivity index (χ1) is 13.3. The predicted octanol–water partition coefficient (Wildman–Crippen LogP) is -0.784. The summed E-state index contributed by atoms with van der Waals surface area (Å²) in [6.45, 7) is -0.720. The lowest BCUT2D eigenvalue weighted by Crippen LogP contribution is -2.48. The van der Waals surface area contributed by atoms with Crippen LogP contribution in [0.1, 0.15) is 19.6 Å². The summed E-state index contributed by atoms with van der Waals surface area (Å²) in [7, 11) is -17.1. The first-order valence-corrected chi connectivity index (χ1v) is 12.1. The van der Waals surface area contributed by atoms with Crippen LogP contribution in [0.15, 0.2) is 21.9 Å². The van der Waals surface area contributed by atoms with E-state index in [2.05, 4.69) is 13.1 Å². The molecule has 0 bridgehead atoms. The third-order valence-electron chi connectivity index (χ3n) is 3.69. The number of nitrogens with zero attached hydrogens (tertiary/aromatic N) is 1. The average Bonchev–Trinajstić information content (AvgIpc) is 2.72. The number of phosphoric acid groups is 3. The van der Waals surface area contributed by atoms with Gasteiger partial charge in [-0.15, -0.1) is 0 Å². The molecule has 1 aliphatic rings. The van der Waals surface area contributed by atoms with Gasteiger partial charge < -0.3 is 29.4 Å². The van der Waals surface area contributed by atoms with Crippen LogP contribution in [0.3, 0.4) is 0 Å². The highest BCUT2D eigenvalue weighted by atomic mass is 31.3. The monoisotopic (exact) mass is 500 g/mol. The second-order valence-electron chi connectivity index (χ2n) is 6.16. The Morgan fingerprint density at radius 3 is 2.37 bits per heavy atom. The van der Waals surface area contributed by atoms with Gasteiger partial charge in [0.05, 0.1) is 0 Å². The van der Waals surface area contributed by atoms with Crippen LogP contribution in [-0.2, 0) is 31.6 Å². The van der Waals surface area contributed by atoms with Gasteiger partial charge >= 0.3 is 29.2 Å². The standard InChI is InChI=1S/C10H16FN2O14P3/c1-9(16)4-7(13-3-2-6(14)12-8(13)15)25-10(9,11)5-24-29(20,21)27-30(22,23)26-28(17,18)19/h2-3,7,16H,4-5H2,1H3,(H,20,21)(H,22,23)(H,12,14,15)(H2,17,18,19)/t7-,9-,10-/m1/s1. The largest absolute Gasteiger partial charge is 0.490 e. The molecule has 1 fully saturated rings. The number of H-pyrrole nitrogens is 1. The summed E-state index contributed by atoms with van der Waals surface area (Å²) >= 11 is 0. The Morgan fingerprint density at radius 1 is 1.23 bits per heavy atom. The highest BCUT2D eigenvalue weighted by Crippen LogP contribution is 2.66. The third-order valence-corrected chi connectivity index (χ3v) is 7.47. The molecule has 1 aliphatic heterocycles. The number of rotatable bonds is 8. The molecule has 0 amide bonds. The van der Waals surface area contributed by atoms with Crippen molar-refractivity contribution >= 4 is 23.5 Å². The number of nitrogens with one attached hydrogen (secondary N) is 1. The minimum Gasteiger partial charge on any atom is -0.384 e. The van der Waals surface area contributed by atoms with Crippen LogP contribution in [0, 0.1) is 0 Å². The Balaban J connectivity index is 2.15. The van der Waals surface area contributed by atoms with Crippen LogP contribution in [0.25, 0.3) is 0 Å². The Morgan fingerprint density at radius 2 is 1.83 bits per heavy atom. The summed E-state index contributed by atoms with van der Waals surface area (Å²) in [5, 5.41) is 10.3. The second-order valence-corrected chi connectivity index (χ2v) is 10.6. The van der Waals surface area contributed by atoms with Crippen LogP contribution in [0.4, 0.5) is 4.39 Å². The number of alkyl halides is 1. The van der Waals surface area contributed by atoms with Gasteiger partial charge in [-0.1, -0.05) is 0 Å². The van der Waals surface area contributed by atoms with Gasteiger partial charge in [0.25, 0.3) is 11.4 Å². The second kappa shape index (κ2) is 8.13. The van der Waals surface area contributed by atoms with Crippen LogP contribution >= 0.6 is 23.5 Å². The van der Waals surface area contributed by atoms with Crippen LogP contribution in [0.2, 0.25) is 0 Å². The lowest BCUT2D eigenvalue weighted by molar-refractivity contribution is -0.233. The highest BCUT2D eigenvalue weighted by molar-refractivity contribution is 7.66. The smallest absolute Gasteiger partial charge is 0.384 e. The van der Waals surface area contributed by atoms with Crippen molar-refractivity contribution in [3.63, 3.8) is 0 Å². The molecule has 1 aromatic rings. The van der Waals surface area contributed by atoms with Crippen molar-refractivity contribution in [2.45, 2.75) is 31.0 Å². The van der Waals surface area contributed by atoms with Crippen molar-refractivity contribution < 1.29 is 60.6 Å². The molecule has 5 atom stereocenters. The zero-order chi connectivity index (χ0) is 23.2. The molecule has 0 aromatic carbocycles. The zero-order valence-electron chi connectivity index (χ0n) is 14.7. The van der Waals surface area contributed by atoms with Gasteiger partial charge in [0.1, 0.15) is 18.4 Å². The van der Waals surface area contributed by atoms with E-state index in [0.29, 0.717) is 4.57 Å². The van der Waals surface area contributed by atoms with E-state index in [1.54, 1.807) is 0 Å². The number of hydrogen-bond acceptors (Lipinski definition) is 10. The number of aliphatic hydroxyl groups is 1. The van der Waals surface area contributed by atoms with E-state index in [9.17, 15) is 33.3 Å². The molecule has 20 heteroatoms. The first kappa shape index (κ1) is 25.2. The van der Waals surface area contributed by atoms with E-state index < -0.39 is 65.4 Å². The maximum absolute atomic E-state index is 15.1. The Labute approximate surface area is 165 Å². The maximum atomic E-state index is 15.1. The van der Waals surface area contributed by atoms with Crippen molar-refractivity contribution in [1.82, 2.24) is 9.55 Å². The van der Waals surface area contributed by atoms with Crippen molar-refractivity contribution in [3.8, 4) is 0 Å². The van der Waals surface area contributed by atoms with Gasteiger partial charge in [-0.05, 0) is 6.92 Å². The Hall–Kier alpha value is -1.06. The molecular weight excluding hydrogens is 484 g/mol. The molecule has 0 saturated carbocycles. The molecule has 2 unspecified atom stereocenters. The molecule has 6 N–H and O–H groups in total. The van der Waals surface area contributed by atoms with E-state index in [1.165, 1.54) is 0 Å². The van der Waals surface area contributed by atoms with Crippen LogP contribution in [-0.4, -0.2) is 52.3 Å². The lowest BCUT2D eigenvalue weighted by atomic mass is 9.96. The molecule has 0 radical (unpaired) electrons. The van der Waals surface area contributed by atoms with Crippen LogP contribution in [0.5, 0.6) is 0 Å². The quantitative estimate of drug-likeness (QED) is 0.240. The van der Waals surface area contributed by atoms with Gasteiger partial charge in [0.2, 0.25) is 0 Å². The van der Waals surface area contributed by atoms with E-state index in [4.69, 9.17) is 19.4 Å². The van der Waals surface area contributed by atoms with Crippen molar-refractivity contribution in [2.75, 3.05) is 6.61 Å². The zero-order valence-corrected chi connectivity index (χ0v) is 17.4. The molecule has 30 heavy (non-hydrogen) atoms. The molecule has 2 heterocycles. The fourth-order valence-corrected chi connectivity index (χ4v) is 5.37. The van der Waals surface area contributed by atoms with Crippen molar-refractivity contribution in [3.05, 3.63) is 33.1 Å². The van der Waals surface area contributed by atoms with Gasteiger partial charge in [0.15, 0.2) is 0 Å². The molecular formula is C10H16FN2O14P3.